The van der Waals surface area contributed by atoms with Crippen LogP contribution in [-0.2, 0) is 11.3 Å². The zero-order chi connectivity index (χ0) is 15.5. The highest BCUT2D eigenvalue weighted by atomic mass is 32.1. The largest absolute Gasteiger partial charge is 0.366 e. The SMILES string of the molecule is Cc1noc([C@@H]2CC[C@H](CNCc3cc(C(N)=O)cs3)O2)n1. The molecule has 7 nitrogen and oxygen atoms in total. The van der Waals surface area contributed by atoms with Gasteiger partial charge in [0.15, 0.2) is 5.82 Å². The minimum atomic E-state index is -0.390. The topological polar surface area (TPSA) is 103 Å². The molecule has 2 aromatic rings. The predicted molar refractivity (Wildman–Crippen MR) is 80.4 cm³/mol. The first-order chi connectivity index (χ1) is 10.6. The van der Waals surface area contributed by atoms with Crippen LogP contribution in [0.4, 0.5) is 0 Å². The fraction of sp³-hybridized carbons (Fsp3) is 0.500. The maximum atomic E-state index is 11.0. The van der Waals surface area contributed by atoms with E-state index in [0.717, 1.165) is 24.3 Å². The monoisotopic (exact) mass is 322 g/mol. The van der Waals surface area contributed by atoms with Gasteiger partial charge in [0, 0.05) is 23.3 Å². The van der Waals surface area contributed by atoms with E-state index in [9.17, 15) is 4.79 Å². The Kier molecular flexibility index (Phi) is 4.51. The Hall–Kier alpha value is -1.77. The summed E-state index contributed by atoms with van der Waals surface area (Å²) in [5.41, 5.74) is 5.80. The molecule has 0 radical (unpaired) electrons. The molecule has 2 atom stereocenters. The molecule has 2 aromatic heterocycles. The van der Waals surface area contributed by atoms with Gasteiger partial charge in [-0.15, -0.1) is 11.3 Å². The molecule has 0 unspecified atom stereocenters. The van der Waals surface area contributed by atoms with Crippen molar-refractivity contribution in [3.8, 4) is 0 Å². The average Bonchev–Trinajstić information content (AvgIpc) is 3.18. The number of hydrogen-bond acceptors (Lipinski definition) is 7. The van der Waals surface area contributed by atoms with Crippen molar-refractivity contribution >= 4 is 17.2 Å². The first-order valence-electron chi connectivity index (χ1n) is 7.15. The van der Waals surface area contributed by atoms with E-state index in [1.54, 1.807) is 12.3 Å². The van der Waals surface area contributed by atoms with Gasteiger partial charge in [-0.2, -0.15) is 4.98 Å². The summed E-state index contributed by atoms with van der Waals surface area (Å²) in [4.78, 5) is 16.3. The predicted octanol–water partition coefficient (Wildman–Crippen LogP) is 1.55. The van der Waals surface area contributed by atoms with Crippen molar-refractivity contribution in [1.29, 1.82) is 0 Å². The number of rotatable bonds is 6. The lowest BCUT2D eigenvalue weighted by Crippen LogP contribution is -2.25. The number of amides is 1. The zero-order valence-electron chi connectivity index (χ0n) is 12.2. The Balaban J connectivity index is 1.43. The lowest BCUT2D eigenvalue weighted by atomic mass is 10.2. The van der Waals surface area contributed by atoms with Crippen LogP contribution in [0.5, 0.6) is 0 Å². The van der Waals surface area contributed by atoms with Crippen molar-refractivity contribution in [2.24, 2.45) is 5.73 Å². The number of carbonyl (C=O) groups is 1. The van der Waals surface area contributed by atoms with E-state index in [1.165, 1.54) is 11.3 Å². The molecule has 8 heteroatoms. The smallest absolute Gasteiger partial charge is 0.255 e. The van der Waals surface area contributed by atoms with Crippen LogP contribution in [0.1, 0.15) is 45.9 Å². The number of nitrogens with two attached hydrogens (primary N) is 1. The van der Waals surface area contributed by atoms with Crippen LogP contribution in [0.2, 0.25) is 0 Å². The quantitative estimate of drug-likeness (QED) is 0.836. The molecule has 0 aliphatic carbocycles. The van der Waals surface area contributed by atoms with Gasteiger partial charge in [-0.3, -0.25) is 4.79 Å². The fourth-order valence-corrected chi connectivity index (χ4v) is 3.28. The molecule has 3 rings (SSSR count). The highest BCUT2D eigenvalue weighted by molar-refractivity contribution is 7.10. The Morgan fingerprint density at radius 3 is 3.09 bits per heavy atom. The standard InChI is InChI=1S/C14H18N4O3S/c1-8-17-14(21-18-8)12-3-2-10(20-12)5-16-6-11-4-9(7-22-11)13(15)19/h4,7,10,12,16H,2-3,5-6H2,1H3,(H2,15,19)/t10-,12+/m1/s1. The molecule has 0 saturated carbocycles. The van der Waals surface area contributed by atoms with E-state index in [4.69, 9.17) is 15.0 Å². The summed E-state index contributed by atoms with van der Waals surface area (Å²) < 4.78 is 11.1. The number of carbonyl (C=O) groups excluding carboxylic acids is 1. The van der Waals surface area contributed by atoms with Crippen LogP contribution in [0.15, 0.2) is 16.0 Å². The molecule has 1 fully saturated rings. The average molecular weight is 322 g/mol. The first-order valence-corrected chi connectivity index (χ1v) is 8.03. The van der Waals surface area contributed by atoms with E-state index in [1.807, 2.05) is 6.07 Å². The van der Waals surface area contributed by atoms with Crippen LogP contribution in [0, 0.1) is 6.92 Å². The maximum absolute atomic E-state index is 11.0. The van der Waals surface area contributed by atoms with Crippen molar-refractivity contribution in [3.63, 3.8) is 0 Å². The van der Waals surface area contributed by atoms with E-state index >= 15 is 0 Å². The van der Waals surface area contributed by atoms with Gasteiger partial charge in [0.05, 0.1) is 11.7 Å². The molecule has 1 aliphatic heterocycles. The van der Waals surface area contributed by atoms with Gasteiger partial charge < -0.3 is 20.3 Å². The molecule has 22 heavy (non-hydrogen) atoms. The lowest BCUT2D eigenvalue weighted by Gasteiger charge is -2.11. The molecular weight excluding hydrogens is 304 g/mol. The second kappa shape index (κ2) is 6.55. The summed E-state index contributed by atoms with van der Waals surface area (Å²) in [6, 6.07) is 1.82. The summed E-state index contributed by atoms with van der Waals surface area (Å²) >= 11 is 1.52. The van der Waals surface area contributed by atoms with Gasteiger partial charge in [-0.1, -0.05) is 5.16 Å². The number of hydrogen-bond donors (Lipinski definition) is 2. The fourth-order valence-electron chi connectivity index (χ4n) is 2.44. The summed E-state index contributed by atoms with van der Waals surface area (Å²) in [5, 5.41) is 8.90. The molecule has 118 valence electrons. The number of ether oxygens (including phenoxy) is 1. The molecule has 0 bridgehead atoms. The van der Waals surface area contributed by atoms with E-state index in [2.05, 4.69) is 15.5 Å². The molecule has 3 heterocycles. The van der Waals surface area contributed by atoms with E-state index in [-0.39, 0.29) is 18.1 Å². The summed E-state index contributed by atoms with van der Waals surface area (Å²) in [6.07, 6.45) is 1.87. The summed E-state index contributed by atoms with van der Waals surface area (Å²) in [5.74, 6) is 0.798. The van der Waals surface area contributed by atoms with E-state index < -0.39 is 0 Å². The van der Waals surface area contributed by atoms with Crippen molar-refractivity contribution in [2.75, 3.05) is 6.54 Å². The second-order valence-corrected chi connectivity index (χ2v) is 6.30. The van der Waals surface area contributed by atoms with Gasteiger partial charge in [0.25, 0.3) is 5.89 Å². The Morgan fingerprint density at radius 1 is 1.55 bits per heavy atom. The first kappa shape index (κ1) is 15.1. The van der Waals surface area contributed by atoms with Crippen molar-refractivity contribution in [1.82, 2.24) is 15.5 Å². The number of aryl methyl sites for hydroxylation is 1. The van der Waals surface area contributed by atoms with Crippen LogP contribution >= 0.6 is 11.3 Å². The van der Waals surface area contributed by atoms with Crippen LogP contribution < -0.4 is 11.1 Å². The van der Waals surface area contributed by atoms with Crippen LogP contribution in [0.25, 0.3) is 0 Å². The molecule has 0 aromatic carbocycles. The molecule has 1 amide bonds. The normalized spacial score (nSPS) is 21.3. The van der Waals surface area contributed by atoms with Crippen LogP contribution in [0.3, 0.4) is 0 Å². The third kappa shape index (κ3) is 3.52. The minimum Gasteiger partial charge on any atom is -0.366 e. The Labute approximate surface area is 131 Å². The van der Waals surface area contributed by atoms with Gasteiger partial charge >= 0.3 is 0 Å². The number of nitrogens with zero attached hydrogens (tertiary/aromatic N) is 2. The highest BCUT2D eigenvalue weighted by Crippen LogP contribution is 2.31. The zero-order valence-corrected chi connectivity index (χ0v) is 13.1. The molecule has 1 saturated heterocycles. The number of thiophene rings is 1. The molecule has 3 N–H and O–H groups in total. The van der Waals surface area contributed by atoms with Gasteiger partial charge in [-0.25, -0.2) is 0 Å². The van der Waals surface area contributed by atoms with Gasteiger partial charge in [0.2, 0.25) is 5.91 Å². The number of primary amides is 1. The van der Waals surface area contributed by atoms with Crippen molar-refractivity contribution < 1.29 is 14.1 Å². The number of aromatic nitrogens is 2. The molecular formula is C14H18N4O3S. The Bertz CT molecular complexity index is 654. The third-order valence-corrected chi connectivity index (χ3v) is 4.47. The summed E-state index contributed by atoms with van der Waals surface area (Å²) in [6.45, 7) is 3.23. The van der Waals surface area contributed by atoms with Crippen molar-refractivity contribution in [2.45, 2.75) is 38.5 Å². The van der Waals surface area contributed by atoms with E-state index in [0.29, 0.717) is 23.8 Å². The second-order valence-electron chi connectivity index (χ2n) is 5.30. The van der Waals surface area contributed by atoms with Crippen molar-refractivity contribution in [3.05, 3.63) is 33.6 Å². The Morgan fingerprint density at radius 2 is 2.41 bits per heavy atom. The lowest BCUT2D eigenvalue weighted by molar-refractivity contribution is 0.0264. The minimum absolute atomic E-state index is 0.101. The summed E-state index contributed by atoms with van der Waals surface area (Å²) in [7, 11) is 0. The third-order valence-electron chi connectivity index (χ3n) is 3.54. The maximum Gasteiger partial charge on any atom is 0.255 e. The highest BCUT2D eigenvalue weighted by Gasteiger charge is 2.30. The number of nitrogens with one attached hydrogen (secondary N) is 1. The van der Waals surface area contributed by atoms with Gasteiger partial charge in [0.1, 0.15) is 6.10 Å². The molecule has 1 aliphatic rings. The molecule has 0 spiro atoms. The van der Waals surface area contributed by atoms with Crippen LogP contribution in [-0.4, -0.2) is 28.7 Å². The van der Waals surface area contributed by atoms with Gasteiger partial charge in [-0.05, 0) is 25.8 Å².